The van der Waals surface area contributed by atoms with Gasteiger partial charge >= 0.3 is 0 Å². The molecule has 0 saturated carbocycles. The Hall–Kier alpha value is -1.95. The molecule has 0 aliphatic heterocycles. The second kappa shape index (κ2) is 6.75. The fourth-order valence-electron chi connectivity index (χ4n) is 2.95. The lowest BCUT2D eigenvalue weighted by molar-refractivity contribution is 0.977. The van der Waals surface area contributed by atoms with Crippen LogP contribution in [0.1, 0.15) is 23.2 Å². The molecular weight excluding hydrogens is 372 g/mol. The number of halogens is 1. The van der Waals surface area contributed by atoms with Gasteiger partial charge in [0.2, 0.25) is 0 Å². The van der Waals surface area contributed by atoms with Crippen LogP contribution in [0.4, 0.5) is 0 Å². The number of nitrogens with one attached hydrogen (secondary N) is 1. The molecular formula is C19H15ClN2OS2. The largest absolute Gasteiger partial charge is 0.310 e. The van der Waals surface area contributed by atoms with Gasteiger partial charge in [-0.15, -0.1) is 22.7 Å². The Morgan fingerprint density at radius 2 is 2.12 bits per heavy atom. The topological polar surface area (TPSA) is 45.8 Å². The number of nitrogens with zero attached hydrogens (tertiary/aromatic N) is 1. The summed E-state index contributed by atoms with van der Waals surface area (Å²) in [5.74, 6) is 0.668. The van der Waals surface area contributed by atoms with Crippen LogP contribution in [0.25, 0.3) is 20.7 Å². The molecule has 0 aliphatic rings. The number of benzene rings is 1. The first-order valence-corrected chi connectivity index (χ1v) is 10.1. The van der Waals surface area contributed by atoms with Gasteiger partial charge in [0, 0.05) is 26.8 Å². The lowest BCUT2D eigenvalue weighted by Crippen LogP contribution is -2.11. The van der Waals surface area contributed by atoms with Crippen molar-refractivity contribution in [1.82, 2.24) is 9.97 Å². The van der Waals surface area contributed by atoms with Crippen molar-refractivity contribution in [3.8, 4) is 10.4 Å². The Labute approximate surface area is 158 Å². The minimum atomic E-state index is -0.0682. The van der Waals surface area contributed by atoms with Gasteiger partial charge in [-0.25, -0.2) is 4.98 Å². The minimum Gasteiger partial charge on any atom is -0.310 e. The van der Waals surface area contributed by atoms with Crippen molar-refractivity contribution in [2.45, 2.75) is 19.8 Å². The summed E-state index contributed by atoms with van der Waals surface area (Å²) in [5.41, 5.74) is 2.00. The molecule has 1 aromatic carbocycles. The highest BCUT2D eigenvalue weighted by atomic mass is 35.5. The van der Waals surface area contributed by atoms with Crippen molar-refractivity contribution in [3.05, 3.63) is 73.4 Å². The van der Waals surface area contributed by atoms with Gasteiger partial charge in [-0.3, -0.25) is 4.79 Å². The molecule has 0 saturated heterocycles. The molecule has 0 fully saturated rings. The number of thiophene rings is 2. The number of fused-ring (bicyclic) bond motifs is 1. The van der Waals surface area contributed by atoms with E-state index in [9.17, 15) is 4.79 Å². The predicted octanol–water partition coefficient (Wildman–Crippen LogP) is 5.52. The lowest BCUT2D eigenvalue weighted by atomic mass is 10.1. The molecule has 3 heterocycles. The summed E-state index contributed by atoms with van der Waals surface area (Å²) in [5, 5.41) is 3.43. The Kier molecular flexibility index (Phi) is 4.46. The van der Waals surface area contributed by atoms with Crippen molar-refractivity contribution in [2.24, 2.45) is 0 Å². The van der Waals surface area contributed by atoms with Crippen LogP contribution >= 0.6 is 34.3 Å². The highest BCUT2D eigenvalue weighted by Gasteiger charge is 2.18. The molecule has 1 N–H and O–H groups in total. The fraction of sp³-hybridized carbons (Fsp3) is 0.158. The zero-order chi connectivity index (χ0) is 17.4. The van der Waals surface area contributed by atoms with E-state index >= 15 is 0 Å². The summed E-state index contributed by atoms with van der Waals surface area (Å²) in [6.45, 7) is 2.11. The summed E-state index contributed by atoms with van der Waals surface area (Å²) in [6, 6.07) is 11.7. The first-order valence-electron chi connectivity index (χ1n) is 7.98. The second-order valence-corrected chi connectivity index (χ2v) is 8.20. The standard InChI is InChI=1S/C19H15ClN2OS2/c1-2-13-16(14-7-4-8-24-14)17-18(23)21-15(22-19(17)25-13)10-11-5-3-6-12(20)9-11/h3-9H,2,10H2,1H3,(H,21,22,23). The molecule has 3 aromatic heterocycles. The highest BCUT2D eigenvalue weighted by molar-refractivity contribution is 7.20. The van der Waals surface area contributed by atoms with Crippen LogP contribution in [-0.4, -0.2) is 9.97 Å². The monoisotopic (exact) mass is 386 g/mol. The number of H-pyrrole nitrogens is 1. The zero-order valence-electron chi connectivity index (χ0n) is 13.5. The molecule has 0 atom stereocenters. The SMILES string of the molecule is CCc1sc2nc(Cc3cccc(Cl)c3)[nH]c(=O)c2c1-c1cccs1. The van der Waals surface area contributed by atoms with Crippen molar-refractivity contribution in [1.29, 1.82) is 0 Å². The van der Waals surface area contributed by atoms with Crippen LogP contribution in [0.3, 0.4) is 0 Å². The second-order valence-electron chi connectivity index (χ2n) is 5.73. The maximum Gasteiger partial charge on any atom is 0.260 e. The molecule has 6 heteroatoms. The summed E-state index contributed by atoms with van der Waals surface area (Å²) in [6.07, 6.45) is 1.44. The summed E-state index contributed by atoms with van der Waals surface area (Å²) in [7, 11) is 0. The van der Waals surface area contributed by atoms with E-state index in [-0.39, 0.29) is 5.56 Å². The molecule has 126 valence electrons. The van der Waals surface area contributed by atoms with Crippen molar-refractivity contribution in [2.75, 3.05) is 0 Å². The highest BCUT2D eigenvalue weighted by Crippen LogP contribution is 2.38. The predicted molar refractivity (Wildman–Crippen MR) is 107 cm³/mol. The van der Waals surface area contributed by atoms with Crippen LogP contribution in [0.5, 0.6) is 0 Å². The van der Waals surface area contributed by atoms with Gasteiger partial charge < -0.3 is 4.98 Å². The van der Waals surface area contributed by atoms with E-state index in [0.29, 0.717) is 22.7 Å². The minimum absolute atomic E-state index is 0.0682. The lowest BCUT2D eigenvalue weighted by Gasteiger charge is -2.03. The van der Waals surface area contributed by atoms with Crippen LogP contribution in [0.15, 0.2) is 46.6 Å². The number of rotatable bonds is 4. The van der Waals surface area contributed by atoms with Crippen LogP contribution in [-0.2, 0) is 12.8 Å². The first-order chi connectivity index (χ1) is 12.2. The third kappa shape index (κ3) is 3.15. The van der Waals surface area contributed by atoms with Crippen LogP contribution in [0.2, 0.25) is 5.02 Å². The third-order valence-electron chi connectivity index (χ3n) is 4.03. The van der Waals surface area contributed by atoms with Gasteiger partial charge in [0.25, 0.3) is 5.56 Å². The molecule has 0 spiro atoms. The smallest absolute Gasteiger partial charge is 0.260 e. The molecule has 3 nitrogen and oxygen atoms in total. The van der Waals surface area contributed by atoms with Crippen molar-refractivity contribution < 1.29 is 0 Å². The van der Waals surface area contributed by atoms with Crippen molar-refractivity contribution >= 4 is 44.5 Å². The van der Waals surface area contributed by atoms with Gasteiger partial charge in [-0.1, -0.05) is 36.7 Å². The maximum absolute atomic E-state index is 12.8. The summed E-state index contributed by atoms with van der Waals surface area (Å²) >= 11 is 9.32. The molecule has 25 heavy (non-hydrogen) atoms. The van der Waals surface area contributed by atoms with Crippen LogP contribution < -0.4 is 5.56 Å². The van der Waals surface area contributed by atoms with E-state index in [4.69, 9.17) is 16.6 Å². The van der Waals surface area contributed by atoms with Crippen LogP contribution in [0, 0.1) is 0 Å². The van der Waals surface area contributed by atoms with E-state index in [1.807, 2.05) is 35.7 Å². The Morgan fingerprint density at radius 3 is 2.84 bits per heavy atom. The number of hydrogen-bond donors (Lipinski definition) is 1. The number of aromatic amines is 1. The van der Waals surface area contributed by atoms with Gasteiger partial charge in [0.05, 0.1) is 5.39 Å². The molecule has 0 radical (unpaired) electrons. The maximum atomic E-state index is 12.8. The average molecular weight is 387 g/mol. The Morgan fingerprint density at radius 1 is 1.24 bits per heavy atom. The van der Waals surface area contributed by atoms with E-state index in [1.54, 1.807) is 22.7 Å². The molecule has 0 bridgehead atoms. The molecule has 0 aliphatic carbocycles. The van der Waals surface area contributed by atoms with E-state index < -0.39 is 0 Å². The quantitative estimate of drug-likeness (QED) is 0.502. The molecule has 4 rings (SSSR count). The van der Waals surface area contributed by atoms with E-state index in [2.05, 4.69) is 18.0 Å². The first kappa shape index (κ1) is 16.5. The van der Waals surface area contributed by atoms with E-state index in [0.717, 1.165) is 27.3 Å². The third-order valence-corrected chi connectivity index (χ3v) is 6.38. The molecule has 0 amide bonds. The molecule has 4 aromatic rings. The molecule has 0 unspecified atom stereocenters. The van der Waals surface area contributed by atoms with Crippen molar-refractivity contribution in [3.63, 3.8) is 0 Å². The summed E-state index contributed by atoms with van der Waals surface area (Å²) in [4.78, 5) is 23.6. The van der Waals surface area contributed by atoms with Gasteiger partial charge in [-0.2, -0.15) is 0 Å². The van der Waals surface area contributed by atoms with Gasteiger partial charge in [0.15, 0.2) is 0 Å². The van der Waals surface area contributed by atoms with E-state index in [1.165, 1.54) is 4.88 Å². The summed E-state index contributed by atoms with van der Waals surface area (Å²) < 4.78 is 0. The van der Waals surface area contributed by atoms with Gasteiger partial charge in [0.1, 0.15) is 10.7 Å². The normalized spacial score (nSPS) is 11.3. The van der Waals surface area contributed by atoms with Gasteiger partial charge in [-0.05, 0) is 35.6 Å². The number of aromatic nitrogens is 2. The number of hydrogen-bond acceptors (Lipinski definition) is 4. The Bertz CT molecular complexity index is 1100. The fourth-order valence-corrected chi connectivity index (χ4v) is 5.18. The number of aryl methyl sites for hydroxylation is 1. The zero-order valence-corrected chi connectivity index (χ0v) is 15.9. The average Bonchev–Trinajstić information content (AvgIpc) is 3.21. The Balaban J connectivity index is 1.85.